The summed E-state index contributed by atoms with van der Waals surface area (Å²) in [7, 11) is -3.74. The molecular formula is C68H99Cl2N5O15S. The predicted molar refractivity (Wildman–Crippen MR) is 348 cm³/mol. The first-order valence-electron chi connectivity index (χ1n) is 32.9. The molecule has 4 aliphatic carbocycles. The number of hydrogen-bond donors (Lipinski definition) is 3. The minimum Gasteiger partial charge on any atom is -0.393 e. The normalized spacial score (nSPS) is 22.9. The van der Waals surface area contributed by atoms with Gasteiger partial charge >= 0.3 is 0 Å². The van der Waals surface area contributed by atoms with Crippen molar-refractivity contribution < 1.29 is 70.8 Å². The highest BCUT2D eigenvalue weighted by molar-refractivity contribution is 7.91. The number of nitrogens with one attached hydrogen (secondary N) is 1. The molecule has 8 rings (SSSR count). The van der Waals surface area contributed by atoms with Crippen LogP contribution in [0.4, 0.5) is 5.69 Å². The van der Waals surface area contributed by atoms with Crippen molar-refractivity contribution in [2.24, 2.45) is 34.5 Å². The summed E-state index contributed by atoms with van der Waals surface area (Å²) in [5.41, 5.74) is 3.98. The first-order valence-corrected chi connectivity index (χ1v) is 35.3. The number of carbonyl (C=O) groups is 1. The molecule has 3 fully saturated rings. The van der Waals surface area contributed by atoms with Crippen molar-refractivity contribution >= 4 is 44.6 Å². The fourth-order valence-electron chi connectivity index (χ4n) is 14.3. The van der Waals surface area contributed by atoms with Crippen LogP contribution in [0, 0.1) is 34.5 Å². The van der Waals surface area contributed by atoms with E-state index in [1.165, 1.54) is 43.0 Å². The Kier molecular flexibility index (Phi) is 29.9. The van der Waals surface area contributed by atoms with Crippen LogP contribution in [-0.4, -0.2) is 188 Å². The molecule has 3 saturated carbocycles. The third-order valence-electron chi connectivity index (χ3n) is 19.0. The maximum atomic E-state index is 13.1. The van der Waals surface area contributed by atoms with Gasteiger partial charge in [-0.25, -0.2) is 13.1 Å². The molecule has 0 spiro atoms. The Balaban J connectivity index is 0.523. The van der Waals surface area contributed by atoms with Gasteiger partial charge in [0, 0.05) is 24.1 Å². The van der Waals surface area contributed by atoms with Crippen LogP contribution in [-0.2, 0) is 70.4 Å². The summed E-state index contributed by atoms with van der Waals surface area (Å²) in [5, 5.41) is 33.9. The number of aliphatic hydroxyl groups excluding tert-OH is 1. The third-order valence-corrected chi connectivity index (χ3v) is 21.4. The molecule has 3 N–H and O–H groups in total. The lowest BCUT2D eigenvalue weighted by Crippen LogP contribution is -2.53. The fraction of sp³-hybridized carbons (Fsp3) is 0.676. The molecule has 20 nitrogen and oxygen atoms in total. The van der Waals surface area contributed by atoms with E-state index in [2.05, 4.69) is 47.5 Å². The smallest absolute Gasteiger partial charge is 0.257 e. The van der Waals surface area contributed by atoms with Gasteiger partial charge in [0.15, 0.2) is 9.84 Å². The lowest BCUT2D eigenvalue weighted by atomic mass is 9.46. The van der Waals surface area contributed by atoms with Gasteiger partial charge in [0.25, 0.3) is 5.91 Å². The van der Waals surface area contributed by atoms with Crippen LogP contribution in [0.15, 0.2) is 83.5 Å². The zero-order chi connectivity index (χ0) is 64.4. The van der Waals surface area contributed by atoms with Crippen LogP contribution in [0.2, 0.25) is 10.0 Å². The third kappa shape index (κ3) is 22.0. The van der Waals surface area contributed by atoms with Gasteiger partial charge in [0.2, 0.25) is 0 Å². The first-order chi connectivity index (χ1) is 44.1. The van der Waals surface area contributed by atoms with E-state index in [1.54, 1.807) is 35.1 Å². The second-order valence-electron chi connectivity index (χ2n) is 25.2. The number of rotatable bonds is 44. The van der Waals surface area contributed by atoms with Crippen LogP contribution in [0.3, 0.4) is 0 Å². The van der Waals surface area contributed by atoms with E-state index in [9.17, 15) is 23.4 Å². The summed E-state index contributed by atoms with van der Waals surface area (Å²) in [6.07, 6.45) is 20.0. The number of fused-ring (bicyclic) bond motifs is 5. The molecule has 2 aromatic carbocycles. The van der Waals surface area contributed by atoms with Gasteiger partial charge in [-0.15, -0.1) is 5.10 Å². The Morgan fingerprint density at radius 1 is 0.692 bits per heavy atom. The van der Waals surface area contributed by atoms with Crippen molar-refractivity contribution in [3.8, 4) is 11.3 Å². The van der Waals surface area contributed by atoms with E-state index < -0.39 is 21.3 Å². The summed E-state index contributed by atoms with van der Waals surface area (Å²) in [5.74, 6) is 1.73. The van der Waals surface area contributed by atoms with Gasteiger partial charge in [-0.05, 0) is 154 Å². The largest absolute Gasteiger partial charge is 0.393 e. The molecule has 0 aliphatic heterocycles. The van der Waals surface area contributed by atoms with E-state index in [1.807, 2.05) is 18.3 Å². The van der Waals surface area contributed by atoms with Crippen LogP contribution in [0.5, 0.6) is 0 Å². The van der Waals surface area contributed by atoms with Crippen molar-refractivity contribution in [1.82, 2.24) is 20.0 Å². The molecule has 4 aliphatic rings. The number of carbonyl (C=O) groups excluding carboxylic acids is 1. The number of amides is 1. The molecule has 0 radical (unpaired) electrons. The second-order valence-corrected chi connectivity index (χ2v) is 28.1. The molecule has 2 heterocycles. The van der Waals surface area contributed by atoms with E-state index in [-0.39, 0.29) is 58.0 Å². The van der Waals surface area contributed by atoms with E-state index >= 15 is 0 Å². The van der Waals surface area contributed by atoms with Crippen LogP contribution >= 0.6 is 23.2 Å². The molecule has 2 aromatic heterocycles. The van der Waals surface area contributed by atoms with Crippen molar-refractivity contribution in [2.45, 2.75) is 134 Å². The number of halogens is 2. The van der Waals surface area contributed by atoms with Crippen molar-refractivity contribution in [3.05, 3.63) is 99.9 Å². The standard InChI is InChI=1S/C68H99Cl2N5O15S/c1-66-22-19-54(76)46-51(66)11-14-56-59-16-18-64(67(59,2)23-20-60(56)66)68(3,78)21-7-4-5-9-26-81-28-30-83-32-34-86-38-39-88-42-43-90-50-53-49-75(74-73-53)25-27-82-29-31-84-33-35-85-36-37-87-40-41-89-44-45-91(79,80)55-13-15-57(62(70)48-55)65(77)72-52-12-17-61(69)58(47-52)63-10-6-8-24-71-63/h6,8,10-13,15,17,24,47-49,54,56,59-60,64,76,78H,4-5,7,9,14,16,18-23,25-46,50H2,1-3H3,(H,72,77)/t54-,56-,59-,60-,64?,66-,67-,68?/m0/s1. The molecule has 0 bridgehead atoms. The lowest BCUT2D eigenvalue weighted by Gasteiger charge is -2.59. The number of nitrogens with zero attached hydrogens (tertiary/aromatic N) is 4. The Morgan fingerprint density at radius 2 is 1.32 bits per heavy atom. The average molecular weight is 1330 g/mol. The number of sulfone groups is 1. The number of benzene rings is 2. The maximum Gasteiger partial charge on any atom is 0.257 e. The van der Waals surface area contributed by atoms with Gasteiger partial charge in [-0.2, -0.15) is 0 Å². The molecule has 506 valence electrons. The number of aliphatic hydroxyl groups is 2. The first kappa shape index (κ1) is 72.8. The number of aromatic nitrogens is 4. The molecule has 8 atom stereocenters. The van der Waals surface area contributed by atoms with Crippen molar-refractivity contribution in [2.75, 3.05) is 137 Å². The monoisotopic (exact) mass is 1330 g/mol. The zero-order valence-corrected chi connectivity index (χ0v) is 56.0. The summed E-state index contributed by atoms with van der Waals surface area (Å²) in [4.78, 5) is 17.4. The second kappa shape index (κ2) is 37.3. The summed E-state index contributed by atoms with van der Waals surface area (Å²) < 4.78 is 83.9. The fourth-order valence-corrected chi connectivity index (χ4v) is 16.0. The molecule has 2 unspecified atom stereocenters. The molecule has 1 amide bonds. The number of anilines is 1. The maximum absolute atomic E-state index is 13.1. The SMILES string of the molecule is CC(O)(CCCCCCOCCOCCOCCOCCOCc1cn(CCOCCOCCOCCOCCOCCS(=O)(=O)c2ccc(C(=O)Nc3ccc(Cl)c(-c4ccccn4)c3)c(Cl)c2)nn1)C1CC[C@H]2[C@@H]3CC=C4C[C@@H](O)CC[C@]4(C)[C@H]3CC[C@]12C. The lowest BCUT2D eigenvalue weighted by molar-refractivity contribution is -0.105. The number of allylic oxidation sites excluding steroid dienone is 1. The van der Waals surface area contributed by atoms with E-state index in [4.69, 9.17) is 70.6 Å². The summed E-state index contributed by atoms with van der Waals surface area (Å²) in [6, 6.07) is 14.4. The number of ether oxygens (including phenoxy) is 10. The minimum atomic E-state index is -3.74. The highest BCUT2D eigenvalue weighted by Crippen LogP contribution is 2.67. The topological polar surface area (TPSA) is 240 Å². The van der Waals surface area contributed by atoms with E-state index in [0.29, 0.717) is 146 Å². The van der Waals surface area contributed by atoms with Crippen molar-refractivity contribution in [1.29, 1.82) is 0 Å². The zero-order valence-electron chi connectivity index (χ0n) is 53.7. The molecule has 0 saturated heterocycles. The summed E-state index contributed by atoms with van der Waals surface area (Å²) >= 11 is 12.8. The highest BCUT2D eigenvalue weighted by atomic mass is 35.5. The highest BCUT2D eigenvalue weighted by Gasteiger charge is 2.61. The number of hydrogen-bond acceptors (Lipinski definition) is 18. The Morgan fingerprint density at radius 3 is 1.97 bits per heavy atom. The minimum absolute atomic E-state index is 0.00888. The van der Waals surface area contributed by atoms with Crippen LogP contribution < -0.4 is 5.32 Å². The molecule has 23 heteroatoms. The Bertz CT molecular complexity index is 2960. The number of pyridine rings is 1. The average Bonchev–Trinajstić information content (AvgIpc) is 1.69. The van der Waals surface area contributed by atoms with Crippen molar-refractivity contribution in [3.63, 3.8) is 0 Å². The van der Waals surface area contributed by atoms with Crippen LogP contribution in [0.1, 0.15) is 120 Å². The van der Waals surface area contributed by atoms with Gasteiger partial charge in [-0.1, -0.05) is 79.2 Å². The van der Waals surface area contributed by atoms with E-state index in [0.717, 1.165) is 88.3 Å². The quantitative estimate of drug-likeness (QED) is 0.0275. The molecule has 4 aromatic rings. The Hall–Kier alpha value is -4.01. The number of unbranched alkanes of at least 4 members (excludes halogenated alkanes) is 3. The Labute approximate surface area is 548 Å². The summed E-state index contributed by atoms with van der Waals surface area (Å²) in [6.45, 7) is 15.9. The molecular weight excluding hydrogens is 1230 g/mol. The van der Waals surface area contributed by atoms with Gasteiger partial charge in [0.1, 0.15) is 5.69 Å². The molecule has 91 heavy (non-hydrogen) atoms. The van der Waals surface area contributed by atoms with Crippen LogP contribution in [0.25, 0.3) is 11.3 Å². The van der Waals surface area contributed by atoms with Gasteiger partial charge in [0.05, 0.1) is 182 Å². The van der Waals surface area contributed by atoms with Gasteiger partial charge < -0.3 is 62.9 Å². The predicted octanol–water partition coefficient (Wildman–Crippen LogP) is 10.7. The van der Waals surface area contributed by atoms with Gasteiger partial charge in [-0.3, -0.25) is 9.78 Å².